The summed E-state index contributed by atoms with van der Waals surface area (Å²) >= 11 is 0. The normalized spacial score (nSPS) is 11.8. The average Bonchev–Trinajstić information content (AvgIpc) is 2.73. The van der Waals surface area contributed by atoms with Crippen LogP contribution in [0.2, 0.25) is 0 Å². The molecule has 2 heterocycles. The fraction of sp³-hybridized carbons (Fsp3) is 0.333. The van der Waals surface area contributed by atoms with E-state index in [4.69, 9.17) is 0 Å². The van der Waals surface area contributed by atoms with Gasteiger partial charge in [-0.1, -0.05) is 13.0 Å². The van der Waals surface area contributed by atoms with E-state index in [1.54, 1.807) is 26.0 Å². The Morgan fingerprint density at radius 2 is 2.06 bits per heavy atom. The second-order valence-corrected chi connectivity index (χ2v) is 3.93. The van der Waals surface area contributed by atoms with Crippen LogP contribution in [-0.4, -0.2) is 14.8 Å². The largest absolute Gasteiger partial charge is 0.435 e. The lowest BCUT2D eigenvalue weighted by atomic mass is 10.2. The Morgan fingerprint density at radius 3 is 2.61 bits per heavy atom. The maximum absolute atomic E-state index is 12.6. The van der Waals surface area contributed by atoms with Gasteiger partial charge < -0.3 is 0 Å². The van der Waals surface area contributed by atoms with Crippen molar-refractivity contribution in [3.05, 3.63) is 41.3 Å². The third-order valence-corrected chi connectivity index (χ3v) is 2.62. The molecule has 2 aromatic heterocycles. The highest BCUT2D eigenvalue weighted by atomic mass is 19.4. The van der Waals surface area contributed by atoms with E-state index in [2.05, 4.69) is 10.1 Å². The van der Waals surface area contributed by atoms with Gasteiger partial charge in [0.1, 0.15) is 0 Å². The van der Waals surface area contributed by atoms with Crippen molar-refractivity contribution in [2.75, 3.05) is 0 Å². The van der Waals surface area contributed by atoms with Gasteiger partial charge in [-0.2, -0.15) is 18.3 Å². The van der Waals surface area contributed by atoms with E-state index >= 15 is 0 Å². The lowest BCUT2D eigenvalue weighted by Gasteiger charge is -2.07. The molecule has 3 nitrogen and oxygen atoms in total. The Hall–Kier alpha value is -1.85. The molecule has 6 heteroatoms. The van der Waals surface area contributed by atoms with E-state index in [0.717, 1.165) is 11.6 Å². The highest BCUT2D eigenvalue weighted by Gasteiger charge is 2.35. The van der Waals surface area contributed by atoms with Gasteiger partial charge in [0.25, 0.3) is 0 Å². The monoisotopic (exact) mass is 255 g/mol. The summed E-state index contributed by atoms with van der Waals surface area (Å²) in [6.45, 7) is 3.57. The smallest absolute Gasteiger partial charge is 0.237 e. The van der Waals surface area contributed by atoms with Crippen molar-refractivity contribution < 1.29 is 13.2 Å². The van der Waals surface area contributed by atoms with Crippen LogP contribution in [0, 0.1) is 6.92 Å². The highest BCUT2D eigenvalue weighted by molar-refractivity contribution is 5.34. The van der Waals surface area contributed by atoms with Gasteiger partial charge in [-0.05, 0) is 31.0 Å². The quantitative estimate of drug-likeness (QED) is 0.825. The summed E-state index contributed by atoms with van der Waals surface area (Å²) in [5.74, 6) is 0.435. The van der Waals surface area contributed by atoms with E-state index in [0.29, 0.717) is 17.9 Å². The zero-order valence-electron chi connectivity index (χ0n) is 9.99. The molecule has 0 aliphatic rings. The zero-order chi connectivity index (χ0) is 13.3. The van der Waals surface area contributed by atoms with Gasteiger partial charge in [0.05, 0.1) is 0 Å². The van der Waals surface area contributed by atoms with E-state index in [1.807, 2.05) is 0 Å². The first-order chi connectivity index (χ1) is 8.43. The fourth-order valence-electron chi connectivity index (χ4n) is 1.69. The zero-order valence-corrected chi connectivity index (χ0v) is 9.99. The average molecular weight is 255 g/mol. The number of aryl methyl sites for hydroxylation is 2. The molecular formula is C12H12F3N3. The molecular weight excluding hydrogens is 243 g/mol. The molecule has 0 unspecified atom stereocenters. The van der Waals surface area contributed by atoms with Crippen molar-refractivity contribution in [3.63, 3.8) is 0 Å². The van der Waals surface area contributed by atoms with Crippen LogP contribution in [0.5, 0.6) is 0 Å². The number of hydrogen-bond donors (Lipinski definition) is 0. The number of alkyl halides is 3. The molecule has 0 aromatic carbocycles. The Labute approximate surface area is 102 Å². The molecule has 96 valence electrons. The summed E-state index contributed by atoms with van der Waals surface area (Å²) in [5.41, 5.74) is 0.387. The maximum atomic E-state index is 12.6. The number of hydrogen-bond acceptors (Lipinski definition) is 2. The summed E-state index contributed by atoms with van der Waals surface area (Å²) in [6, 6.07) is 4.59. The van der Waals surface area contributed by atoms with Crippen LogP contribution in [0.4, 0.5) is 13.2 Å². The Kier molecular flexibility index (Phi) is 3.11. The third kappa shape index (κ3) is 2.23. The Bertz CT molecular complexity index is 558. The first-order valence-electron chi connectivity index (χ1n) is 5.51. The minimum atomic E-state index is -4.43. The first kappa shape index (κ1) is 12.6. The summed E-state index contributed by atoms with van der Waals surface area (Å²) in [5, 5.41) is 3.61. The van der Waals surface area contributed by atoms with Gasteiger partial charge in [-0.25, -0.2) is 9.67 Å². The van der Waals surface area contributed by atoms with Gasteiger partial charge in [0, 0.05) is 11.9 Å². The van der Waals surface area contributed by atoms with Gasteiger partial charge in [-0.15, -0.1) is 0 Å². The summed E-state index contributed by atoms with van der Waals surface area (Å²) in [4.78, 5) is 4.09. The number of nitrogens with zero attached hydrogens (tertiary/aromatic N) is 3. The lowest BCUT2D eigenvalue weighted by Crippen LogP contribution is -2.09. The van der Waals surface area contributed by atoms with Crippen molar-refractivity contribution in [3.8, 4) is 5.82 Å². The van der Waals surface area contributed by atoms with Crippen LogP contribution in [0.1, 0.15) is 23.9 Å². The number of aromatic nitrogens is 3. The second kappa shape index (κ2) is 4.44. The standard InChI is InChI=1S/C12H12F3N3/c1-3-9-7-10(12(13,14)15)17-18(9)11-8(2)5-4-6-16-11/h4-7H,3H2,1-2H3. The van der Waals surface area contributed by atoms with Gasteiger partial charge in [-0.3, -0.25) is 0 Å². The molecule has 0 amide bonds. The summed E-state index contributed by atoms with van der Waals surface area (Å²) < 4.78 is 39.2. The predicted molar refractivity (Wildman–Crippen MR) is 60.5 cm³/mol. The molecule has 0 saturated carbocycles. The van der Waals surface area contributed by atoms with Crippen molar-refractivity contribution in [1.82, 2.24) is 14.8 Å². The SMILES string of the molecule is CCc1cc(C(F)(F)F)nn1-c1ncccc1C. The highest BCUT2D eigenvalue weighted by Crippen LogP contribution is 2.29. The molecule has 0 radical (unpaired) electrons. The predicted octanol–water partition coefficient (Wildman–Crippen LogP) is 3.16. The summed E-state index contributed by atoms with van der Waals surface area (Å²) in [7, 11) is 0. The molecule has 0 spiro atoms. The second-order valence-electron chi connectivity index (χ2n) is 3.93. The Morgan fingerprint density at radius 1 is 1.33 bits per heavy atom. The molecule has 0 aliphatic heterocycles. The number of pyridine rings is 1. The molecule has 0 fully saturated rings. The van der Waals surface area contributed by atoms with Gasteiger partial charge >= 0.3 is 6.18 Å². The number of halogens is 3. The minimum absolute atomic E-state index is 0.435. The third-order valence-electron chi connectivity index (χ3n) is 2.62. The Balaban J connectivity index is 2.58. The van der Waals surface area contributed by atoms with Crippen molar-refractivity contribution in [2.45, 2.75) is 26.4 Å². The van der Waals surface area contributed by atoms with Crippen LogP contribution in [0.15, 0.2) is 24.4 Å². The van der Waals surface area contributed by atoms with Crippen molar-refractivity contribution >= 4 is 0 Å². The van der Waals surface area contributed by atoms with Gasteiger partial charge in [0.2, 0.25) is 0 Å². The molecule has 18 heavy (non-hydrogen) atoms. The molecule has 2 rings (SSSR count). The molecule has 0 bridgehead atoms. The summed E-state index contributed by atoms with van der Waals surface area (Å²) in [6.07, 6.45) is -2.44. The molecule has 0 atom stereocenters. The molecule has 2 aromatic rings. The van der Waals surface area contributed by atoms with Gasteiger partial charge in [0.15, 0.2) is 11.5 Å². The molecule has 0 aliphatic carbocycles. The topological polar surface area (TPSA) is 30.7 Å². The molecule has 0 saturated heterocycles. The lowest BCUT2D eigenvalue weighted by molar-refractivity contribution is -0.141. The van der Waals surface area contributed by atoms with Crippen LogP contribution < -0.4 is 0 Å². The van der Waals surface area contributed by atoms with Crippen LogP contribution >= 0.6 is 0 Å². The number of rotatable bonds is 2. The van der Waals surface area contributed by atoms with E-state index in [1.165, 1.54) is 10.9 Å². The van der Waals surface area contributed by atoms with Crippen molar-refractivity contribution in [1.29, 1.82) is 0 Å². The van der Waals surface area contributed by atoms with Crippen LogP contribution in [-0.2, 0) is 12.6 Å². The van der Waals surface area contributed by atoms with Crippen LogP contribution in [0.25, 0.3) is 5.82 Å². The van der Waals surface area contributed by atoms with E-state index in [-0.39, 0.29) is 0 Å². The minimum Gasteiger partial charge on any atom is -0.237 e. The maximum Gasteiger partial charge on any atom is 0.435 e. The van der Waals surface area contributed by atoms with E-state index < -0.39 is 11.9 Å². The first-order valence-corrected chi connectivity index (χ1v) is 5.51. The van der Waals surface area contributed by atoms with Crippen molar-refractivity contribution in [2.24, 2.45) is 0 Å². The van der Waals surface area contributed by atoms with Crippen LogP contribution in [0.3, 0.4) is 0 Å². The molecule has 0 N–H and O–H groups in total. The fourth-order valence-corrected chi connectivity index (χ4v) is 1.69. The van der Waals surface area contributed by atoms with E-state index in [9.17, 15) is 13.2 Å².